The number of benzene rings is 1. The van der Waals surface area contributed by atoms with Gasteiger partial charge in [-0.05, 0) is 24.3 Å². The van der Waals surface area contributed by atoms with E-state index in [9.17, 15) is 4.79 Å². The molecule has 2 rings (SSSR count). The predicted molar refractivity (Wildman–Crippen MR) is 85.3 cm³/mol. The van der Waals surface area contributed by atoms with E-state index in [1.54, 1.807) is 13.3 Å². The van der Waals surface area contributed by atoms with Gasteiger partial charge in [-0.25, -0.2) is 4.98 Å². The van der Waals surface area contributed by atoms with Crippen molar-refractivity contribution in [1.82, 2.24) is 10.3 Å². The number of rotatable bonds is 6. The zero-order chi connectivity index (χ0) is 15.1. The fourth-order valence-electron chi connectivity index (χ4n) is 1.82. The molecule has 0 aliphatic heterocycles. The van der Waals surface area contributed by atoms with Crippen molar-refractivity contribution in [2.45, 2.75) is 6.54 Å². The summed E-state index contributed by atoms with van der Waals surface area (Å²) in [6, 6.07) is 11.2. The number of aromatic nitrogens is 1. The van der Waals surface area contributed by atoms with Gasteiger partial charge in [0.2, 0.25) is 11.8 Å². The highest BCUT2D eigenvalue weighted by molar-refractivity contribution is 9.10. The number of pyridine rings is 1. The second-order valence-corrected chi connectivity index (χ2v) is 5.25. The van der Waals surface area contributed by atoms with E-state index in [2.05, 4.69) is 31.5 Å². The van der Waals surface area contributed by atoms with Crippen molar-refractivity contribution in [3.8, 4) is 5.88 Å². The van der Waals surface area contributed by atoms with Crippen molar-refractivity contribution in [3.05, 3.63) is 52.6 Å². The van der Waals surface area contributed by atoms with Gasteiger partial charge in [0.15, 0.2) is 0 Å². The van der Waals surface area contributed by atoms with Crippen molar-refractivity contribution in [2.24, 2.45) is 0 Å². The van der Waals surface area contributed by atoms with Gasteiger partial charge >= 0.3 is 0 Å². The van der Waals surface area contributed by atoms with Crippen LogP contribution in [-0.4, -0.2) is 24.5 Å². The van der Waals surface area contributed by atoms with Crippen molar-refractivity contribution in [3.63, 3.8) is 0 Å². The second kappa shape index (κ2) is 7.75. The Labute approximate surface area is 131 Å². The number of anilines is 1. The first-order valence-electron chi connectivity index (χ1n) is 6.43. The molecule has 1 heterocycles. The van der Waals surface area contributed by atoms with Crippen LogP contribution >= 0.6 is 15.9 Å². The summed E-state index contributed by atoms with van der Waals surface area (Å²) < 4.78 is 6.08. The number of carbonyl (C=O) groups excluding carboxylic acids is 1. The largest absolute Gasteiger partial charge is 0.481 e. The van der Waals surface area contributed by atoms with Crippen LogP contribution in [0.4, 0.5) is 5.69 Å². The molecule has 6 heteroatoms. The standard InChI is InChI=1S/C15H16BrN3O2/c1-21-15-11(4-3-7-18-15)9-17-10-14(20)19-13-6-2-5-12(16)8-13/h2-8,17H,9-10H2,1H3,(H,19,20). The highest BCUT2D eigenvalue weighted by Gasteiger charge is 2.05. The smallest absolute Gasteiger partial charge is 0.238 e. The van der Waals surface area contributed by atoms with Crippen molar-refractivity contribution < 1.29 is 9.53 Å². The highest BCUT2D eigenvalue weighted by Crippen LogP contribution is 2.15. The lowest BCUT2D eigenvalue weighted by Gasteiger charge is -2.09. The molecule has 0 fully saturated rings. The third-order valence-corrected chi connectivity index (χ3v) is 3.25. The predicted octanol–water partition coefficient (Wildman–Crippen LogP) is 2.58. The van der Waals surface area contributed by atoms with Gasteiger partial charge in [-0.3, -0.25) is 4.79 Å². The Morgan fingerprint density at radius 2 is 2.19 bits per heavy atom. The zero-order valence-electron chi connectivity index (χ0n) is 11.6. The lowest BCUT2D eigenvalue weighted by atomic mass is 10.2. The third-order valence-electron chi connectivity index (χ3n) is 2.75. The van der Waals surface area contributed by atoms with Crippen LogP contribution in [0.5, 0.6) is 5.88 Å². The van der Waals surface area contributed by atoms with Crippen LogP contribution in [0.25, 0.3) is 0 Å². The Hall–Kier alpha value is -1.92. The van der Waals surface area contributed by atoms with E-state index in [4.69, 9.17) is 4.74 Å². The van der Waals surface area contributed by atoms with Crippen LogP contribution in [0.3, 0.4) is 0 Å². The molecule has 0 saturated heterocycles. The molecule has 110 valence electrons. The van der Waals surface area contributed by atoms with Crippen molar-refractivity contribution in [1.29, 1.82) is 0 Å². The molecular weight excluding hydrogens is 334 g/mol. The van der Waals surface area contributed by atoms with Gasteiger partial charge in [0.1, 0.15) is 0 Å². The quantitative estimate of drug-likeness (QED) is 0.841. The number of nitrogens with one attached hydrogen (secondary N) is 2. The van der Waals surface area contributed by atoms with E-state index in [-0.39, 0.29) is 12.5 Å². The third kappa shape index (κ3) is 4.84. The van der Waals surface area contributed by atoms with E-state index in [1.165, 1.54) is 0 Å². The van der Waals surface area contributed by atoms with Crippen LogP contribution in [0.15, 0.2) is 47.1 Å². The van der Waals surface area contributed by atoms with Crippen LogP contribution < -0.4 is 15.4 Å². The normalized spacial score (nSPS) is 10.2. The zero-order valence-corrected chi connectivity index (χ0v) is 13.2. The number of hydrogen-bond acceptors (Lipinski definition) is 4. The molecule has 0 unspecified atom stereocenters. The Morgan fingerprint density at radius 3 is 2.95 bits per heavy atom. The number of halogens is 1. The minimum absolute atomic E-state index is 0.101. The summed E-state index contributed by atoms with van der Waals surface area (Å²) in [6.07, 6.45) is 1.67. The number of ether oxygens (including phenoxy) is 1. The molecule has 21 heavy (non-hydrogen) atoms. The van der Waals surface area contributed by atoms with Gasteiger partial charge in [0.25, 0.3) is 0 Å². The molecule has 0 spiro atoms. The Morgan fingerprint density at radius 1 is 1.33 bits per heavy atom. The SMILES string of the molecule is COc1ncccc1CNCC(=O)Nc1cccc(Br)c1. The molecule has 0 radical (unpaired) electrons. The minimum atomic E-state index is -0.101. The van der Waals surface area contributed by atoms with Crippen LogP contribution in [0.2, 0.25) is 0 Å². The fraction of sp³-hybridized carbons (Fsp3) is 0.200. The maximum Gasteiger partial charge on any atom is 0.238 e. The molecule has 2 N–H and O–H groups in total. The van der Waals surface area contributed by atoms with E-state index in [0.717, 1.165) is 15.7 Å². The topological polar surface area (TPSA) is 63.2 Å². The lowest BCUT2D eigenvalue weighted by Crippen LogP contribution is -2.27. The van der Waals surface area contributed by atoms with Gasteiger partial charge in [-0.15, -0.1) is 0 Å². The molecule has 1 aromatic carbocycles. The van der Waals surface area contributed by atoms with E-state index < -0.39 is 0 Å². The van der Waals surface area contributed by atoms with Gasteiger partial charge < -0.3 is 15.4 Å². The van der Waals surface area contributed by atoms with Crippen LogP contribution in [0, 0.1) is 0 Å². The van der Waals surface area contributed by atoms with E-state index >= 15 is 0 Å². The summed E-state index contributed by atoms with van der Waals surface area (Å²) in [4.78, 5) is 15.9. The Balaban J connectivity index is 1.82. The van der Waals surface area contributed by atoms with Gasteiger partial charge in [-0.2, -0.15) is 0 Å². The molecule has 0 aliphatic carbocycles. The lowest BCUT2D eigenvalue weighted by molar-refractivity contribution is -0.115. The molecular formula is C15H16BrN3O2. The van der Waals surface area contributed by atoms with Crippen molar-refractivity contribution >= 4 is 27.5 Å². The molecule has 0 bridgehead atoms. The average molecular weight is 350 g/mol. The van der Waals surface area contributed by atoms with Gasteiger partial charge in [0, 0.05) is 28.5 Å². The monoisotopic (exact) mass is 349 g/mol. The minimum Gasteiger partial charge on any atom is -0.481 e. The molecule has 0 aliphatic rings. The van der Waals surface area contributed by atoms with E-state index in [0.29, 0.717) is 12.4 Å². The average Bonchev–Trinajstić information content (AvgIpc) is 2.47. The first kappa shape index (κ1) is 15.5. The first-order valence-corrected chi connectivity index (χ1v) is 7.22. The molecule has 1 amide bonds. The number of carbonyl (C=O) groups is 1. The summed E-state index contributed by atoms with van der Waals surface area (Å²) in [5.74, 6) is 0.466. The highest BCUT2D eigenvalue weighted by atomic mass is 79.9. The molecule has 0 saturated carbocycles. The molecule has 2 aromatic rings. The van der Waals surface area contributed by atoms with E-state index in [1.807, 2.05) is 36.4 Å². The number of hydrogen-bond donors (Lipinski definition) is 2. The number of methoxy groups -OCH3 is 1. The Kier molecular flexibility index (Phi) is 5.71. The van der Waals surface area contributed by atoms with Gasteiger partial charge in [-0.1, -0.05) is 28.1 Å². The fourth-order valence-corrected chi connectivity index (χ4v) is 2.22. The van der Waals surface area contributed by atoms with Crippen molar-refractivity contribution in [2.75, 3.05) is 19.0 Å². The van der Waals surface area contributed by atoms with Crippen LogP contribution in [0.1, 0.15) is 5.56 Å². The van der Waals surface area contributed by atoms with Crippen LogP contribution in [-0.2, 0) is 11.3 Å². The van der Waals surface area contributed by atoms with Gasteiger partial charge in [0.05, 0.1) is 13.7 Å². The summed E-state index contributed by atoms with van der Waals surface area (Å²) in [5, 5.41) is 5.89. The number of amides is 1. The Bertz CT molecular complexity index is 619. The second-order valence-electron chi connectivity index (χ2n) is 4.33. The summed E-state index contributed by atoms with van der Waals surface area (Å²) in [5.41, 5.74) is 1.67. The number of nitrogens with zero attached hydrogens (tertiary/aromatic N) is 1. The molecule has 5 nitrogen and oxygen atoms in total. The summed E-state index contributed by atoms with van der Waals surface area (Å²) in [7, 11) is 1.58. The first-order chi connectivity index (χ1) is 10.2. The summed E-state index contributed by atoms with van der Waals surface area (Å²) >= 11 is 3.36. The maximum atomic E-state index is 11.8. The molecule has 0 atom stereocenters. The summed E-state index contributed by atoms with van der Waals surface area (Å²) in [6.45, 7) is 0.730. The molecule has 1 aromatic heterocycles. The maximum absolute atomic E-state index is 11.8.